The zero-order valence-corrected chi connectivity index (χ0v) is 18.4. The predicted molar refractivity (Wildman–Crippen MR) is 127 cm³/mol. The second-order valence-corrected chi connectivity index (χ2v) is 8.33. The summed E-state index contributed by atoms with van der Waals surface area (Å²) in [6.45, 7) is 1.95. The Morgan fingerprint density at radius 1 is 0.879 bits per heavy atom. The van der Waals surface area contributed by atoms with Gasteiger partial charge < -0.3 is 5.32 Å². The molecule has 1 N–H and O–H groups in total. The van der Waals surface area contributed by atoms with E-state index < -0.39 is 29.7 Å². The standard InChI is InChI=1S/C25H19ClN4O3/c1-15-7-11-19(12-8-15)30-22-20(21(28-30)23(31)27-17-5-3-2-4-6-17)24(32)29(25(22)33)18-13-9-16(26)10-14-18/h2-14,20,22H,1H3,(H,27,31). The summed E-state index contributed by atoms with van der Waals surface area (Å²) in [6.07, 6.45) is 0. The molecule has 3 aromatic carbocycles. The van der Waals surface area contributed by atoms with Gasteiger partial charge >= 0.3 is 0 Å². The Morgan fingerprint density at radius 2 is 1.52 bits per heavy atom. The molecule has 1 saturated heterocycles. The molecule has 0 aliphatic carbocycles. The number of rotatable bonds is 4. The number of amides is 3. The van der Waals surface area contributed by atoms with Gasteiger partial charge in [-0.1, -0.05) is 47.5 Å². The van der Waals surface area contributed by atoms with E-state index in [0.29, 0.717) is 22.1 Å². The number of carbonyl (C=O) groups is 3. The Balaban J connectivity index is 1.55. The fraction of sp³-hybridized carbons (Fsp3) is 0.120. The van der Waals surface area contributed by atoms with Crippen LogP contribution in [0.2, 0.25) is 5.02 Å². The summed E-state index contributed by atoms with van der Waals surface area (Å²) in [6, 6.07) is 21.8. The van der Waals surface area contributed by atoms with Crippen LogP contribution in [0.25, 0.3) is 0 Å². The van der Waals surface area contributed by atoms with Crippen LogP contribution in [-0.4, -0.2) is 29.5 Å². The first-order chi connectivity index (χ1) is 15.9. The molecular weight excluding hydrogens is 440 g/mol. The predicted octanol–water partition coefficient (Wildman–Crippen LogP) is 4.02. The van der Waals surface area contributed by atoms with Crippen LogP contribution in [0.1, 0.15) is 5.56 Å². The van der Waals surface area contributed by atoms with Crippen molar-refractivity contribution >= 4 is 52.1 Å². The number of halogens is 1. The Labute approximate surface area is 195 Å². The van der Waals surface area contributed by atoms with E-state index in [2.05, 4.69) is 10.4 Å². The minimum absolute atomic E-state index is 0.000702. The highest BCUT2D eigenvalue weighted by molar-refractivity contribution is 6.51. The van der Waals surface area contributed by atoms with Crippen molar-refractivity contribution in [3.8, 4) is 0 Å². The molecule has 7 nitrogen and oxygen atoms in total. The van der Waals surface area contributed by atoms with E-state index in [1.54, 1.807) is 48.5 Å². The number of imide groups is 1. The number of hydrogen-bond acceptors (Lipinski definition) is 5. The highest BCUT2D eigenvalue weighted by Gasteiger charge is 2.58. The maximum absolute atomic E-state index is 13.5. The van der Waals surface area contributed by atoms with Crippen LogP contribution in [0.4, 0.5) is 17.1 Å². The first-order valence-electron chi connectivity index (χ1n) is 10.4. The van der Waals surface area contributed by atoms with Crippen LogP contribution >= 0.6 is 11.6 Å². The van der Waals surface area contributed by atoms with Crippen molar-refractivity contribution < 1.29 is 14.4 Å². The number of nitrogens with zero attached hydrogens (tertiary/aromatic N) is 3. The fourth-order valence-electron chi connectivity index (χ4n) is 4.07. The molecule has 8 heteroatoms. The lowest BCUT2D eigenvalue weighted by molar-refractivity contribution is -0.122. The Hall–Kier alpha value is -3.97. The van der Waals surface area contributed by atoms with Gasteiger partial charge in [-0.2, -0.15) is 5.10 Å². The number of para-hydroxylation sites is 1. The van der Waals surface area contributed by atoms with Crippen LogP contribution in [0, 0.1) is 12.8 Å². The van der Waals surface area contributed by atoms with E-state index in [-0.39, 0.29) is 5.71 Å². The number of fused-ring (bicyclic) bond motifs is 1. The van der Waals surface area contributed by atoms with Crippen LogP contribution in [0.15, 0.2) is 84.0 Å². The minimum Gasteiger partial charge on any atom is -0.321 e. The van der Waals surface area contributed by atoms with Crippen molar-refractivity contribution in [3.05, 3.63) is 89.4 Å². The van der Waals surface area contributed by atoms with E-state index in [1.807, 2.05) is 37.3 Å². The van der Waals surface area contributed by atoms with Crippen LogP contribution in [-0.2, 0) is 14.4 Å². The van der Waals surface area contributed by atoms with Gasteiger partial charge in [0.25, 0.3) is 11.8 Å². The van der Waals surface area contributed by atoms with Gasteiger partial charge in [-0.15, -0.1) is 0 Å². The Kier molecular flexibility index (Phi) is 5.18. The van der Waals surface area contributed by atoms with Gasteiger partial charge in [0, 0.05) is 10.7 Å². The third-order valence-electron chi connectivity index (χ3n) is 5.70. The molecule has 0 radical (unpaired) electrons. The zero-order chi connectivity index (χ0) is 23.1. The first kappa shape index (κ1) is 20.9. The fourth-order valence-corrected chi connectivity index (χ4v) is 4.20. The third kappa shape index (κ3) is 3.66. The van der Waals surface area contributed by atoms with Crippen molar-refractivity contribution in [3.63, 3.8) is 0 Å². The van der Waals surface area contributed by atoms with Crippen LogP contribution in [0.3, 0.4) is 0 Å². The summed E-state index contributed by atoms with van der Waals surface area (Å²) < 4.78 is 0. The Bertz CT molecular complexity index is 1270. The van der Waals surface area contributed by atoms with Gasteiger partial charge in [0.1, 0.15) is 17.7 Å². The molecule has 0 spiro atoms. The summed E-state index contributed by atoms with van der Waals surface area (Å²) in [7, 11) is 0. The van der Waals surface area contributed by atoms with Gasteiger partial charge in [0.05, 0.1) is 11.4 Å². The summed E-state index contributed by atoms with van der Waals surface area (Å²) in [4.78, 5) is 41.2. The molecule has 1 fully saturated rings. The van der Waals surface area contributed by atoms with E-state index in [1.165, 1.54) is 5.01 Å². The molecule has 33 heavy (non-hydrogen) atoms. The number of aryl methyl sites for hydroxylation is 1. The molecule has 2 unspecified atom stereocenters. The van der Waals surface area contributed by atoms with Gasteiger partial charge in [-0.3, -0.25) is 19.4 Å². The molecule has 2 atom stereocenters. The topological polar surface area (TPSA) is 82.1 Å². The SMILES string of the molecule is Cc1ccc(N2N=C(C(=O)Nc3ccccc3)C3C(=O)N(c4ccc(Cl)cc4)C(=O)C32)cc1. The molecule has 5 rings (SSSR count). The largest absolute Gasteiger partial charge is 0.321 e. The summed E-state index contributed by atoms with van der Waals surface area (Å²) >= 11 is 5.98. The summed E-state index contributed by atoms with van der Waals surface area (Å²) in [5.41, 5.74) is 2.63. The molecule has 0 aromatic heterocycles. The monoisotopic (exact) mass is 458 g/mol. The first-order valence-corrected chi connectivity index (χ1v) is 10.8. The van der Waals surface area contributed by atoms with E-state index in [0.717, 1.165) is 10.5 Å². The van der Waals surface area contributed by atoms with Crippen LogP contribution < -0.4 is 15.2 Å². The average molecular weight is 459 g/mol. The van der Waals surface area contributed by atoms with Gasteiger partial charge in [-0.25, -0.2) is 4.90 Å². The number of anilines is 3. The highest BCUT2D eigenvalue weighted by atomic mass is 35.5. The molecular formula is C25H19ClN4O3. The summed E-state index contributed by atoms with van der Waals surface area (Å²) in [5.74, 6) is -2.49. The highest BCUT2D eigenvalue weighted by Crippen LogP contribution is 2.38. The molecule has 3 aromatic rings. The lowest BCUT2D eigenvalue weighted by Gasteiger charge is -2.22. The average Bonchev–Trinajstić information content (AvgIpc) is 3.33. The van der Waals surface area contributed by atoms with Crippen LogP contribution in [0.5, 0.6) is 0 Å². The molecule has 2 aliphatic rings. The van der Waals surface area contributed by atoms with Crippen molar-refractivity contribution in [2.45, 2.75) is 13.0 Å². The normalized spacial score (nSPS) is 19.5. The lowest BCUT2D eigenvalue weighted by Crippen LogP contribution is -2.39. The van der Waals surface area contributed by atoms with Crippen molar-refractivity contribution in [2.75, 3.05) is 15.2 Å². The molecule has 2 aliphatic heterocycles. The van der Waals surface area contributed by atoms with Crippen molar-refractivity contribution in [1.82, 2.24) is 0 Å². The second kappa shape index (κ2) is 8.18. The lowest BCUT2D eigenvalue weighted by atomic mass is 9.97. The molecule has 0 bridgehead atoms. The molecule has 3 amide bonds. The van der Waals surface area contributed by atoms with E-state index in [4.69, 9.17) is 11.6 Å². The minimum atomic E-state index is -1.03. The smallest absolute Gasteiger partial charge is 0.272 e. The second-order valence-electron chi connectivity index (χ2n) is 7.90. The van der Waals surface area contributed by atoms with Gasteiger partial charge in [0.2, 0.25) is 5.91 Å². The van der Waals surface area contributed by atoms with Gasteiger partial charge in [0.15, 0.2) is 0 Å². The number of hydrazone groups is 1. The zero-order valence-electron chi connectivity index (χ0n) is 17.6. The molecule has 2 heterocycles. The quantitative estimate of drug-likeness (QED) is 0.598. The Morgan fingerprint density at radius 3 is 2.18 bits per heavy atom. The third-order valence-corrected chi connectivity index (χ3v) is 5.95. The number of benzene rings is 3. The molecule has 0 saturated carbocycles. The number of carbonyl (C=O) groups excluding carboxylic acids is 3. The van der Waals surface area contributed by atoms with E-state index >= 15 is 0 Å². The maximum Gasteiger partial charge on any atom is 0.272 e. The van der Waals surface area contributed by atoms with Crippen molar-refractivity contribution in [2.24, 2.45) is 11.0 Å². The van der Waals surface area contributed by atoms with Crippen molar-refractivity contribution in [1.29, 1.82) is 0 Å². The van der Waals surface area contributed by atoms with E-state index in [9.17, 15) is 14.4 Å². The number of hydrogen-bond donors (Lipinski definition) is 1. The number of nitrogens with one attached hydrogen (secondary N) is 1. The maximum atomic E-state index is 13.5. The summed E-state index contributed by atoms with van der Waals surface area (Å²) in [5, 5.41) is 9.20. The van der Waals surface area contributed by atoms with Gasteiger partial charge in [-0.05, 0) is 55.5 Å². The molecule has 164 valence electrons.